The van der Waals surface area contributed by atoms with Crippen molar-refractivity contribution in [1.29, 1.82) is 0 Å². The van der Waals surface area contributed by atoms with Gasteiger partial charge in [0.1, 0.15) is 6.10 Å². The van der Waals surface area contributed by atoms with Gasteiger partial charge in [0, 0.05) is 10.3 Å². The minimum Gasteiger partial charge on any atom is -0.452 e. The third-order valence-electron chi connectivity index (χ3n) is 2.49. The van der Waals surface area contributed by atoms with Gasteiger partial charge in [-0.05, 0) is 18.4 Å². The van der Waals surface area contributed by atoms with Crippen LogP contribution in [-0.4, -0.2) is 32.5 Å². The standard InChI is InChI=1S/C12H12O4S2/c1-17-11-8-18(14,15)7-10(11)16-12(13)9-5-3-2-4-6-9/h2-6,8,10H,7H2,1H3/t10-/m0/s1. The molecule has 4 nitrogen and oxygen atoms in total. The number of esters is 1. The first kappa shape index (κ1) is 13.2. The number of hydrogen-bond acceptors (Lipinski definition) is 5. The molecule has 0 fully saturated rings. The molecule has 0 amide bonds. The van der Waals surface area contributed by atoms with Crippen LogP contribution in [0.25, 0.3) is 0 Å². The predicted octanol–water partition coefficient (Wildman–Crippen LogP) is 1.84. The quantitative estimate of drug-likeness (QED) is 0.793. The lowest BCUT2D eigenvalue weighted by atomic mass is 10.2. The molecule has 1 aromatic carbocycles. The van der Waals surface area contributed by atoms with Gasteiger partial charge in [0.05, 0.1) is 11.3 Å². The van der Waals surface area contributed by atoms with Gasteiger partial charge >= 0.3 is 5.97 Å². The van der Waals surface area contributed by atoms with E-state index >= 15 is 0 Å². The summed E-state index contributed by atoms with van der Waals surface area (Å²) in [6, 6.07) is 8.52. The van der Waals surface area contributed by atoms with E-state index in [1.807, 2.05) is 0 Å². The Morgan fingerprint density at radius 2 is 2.00 bits per heavy atom. The zero-order valence-corrected chi connectivity index (χ0v) is 11.3. The van der Waals surface area contributed by atoms with Crippen molar-refractivity contribution in [3.63, 3.8) is 0 Å². The van der Waals surface area contributed by atoms with Gasteiger partial charge in [-0.25, -0.2) is 13.2 Å². The fraction of sp³-hybridized carbons (Fsp3) is 0.250. The van der Waals surface area contributed by atoms with E-state index in [1.165, 1.54) is 17.2 Å². The predicted molar refractivity (Wildman–Crippen MR) is 71.0 cm³/mol. The second-order valence-electron chi connectivity index (χ2n) is 3.81. The van der Waals surface area contributed by atoms with Crippen LogP contribution in [0.1, 0.15) is 10.4 Å². The summed E-state index contributed by atoms with van der Waals surface area (Å²) < 4.78 is 28.1. The molecule has 0 unspecified atom stereocenters. The van der Waals surface area contributed by atoms with E-state index in [0.717, 1.165) is 0 Å². The number of thioether (sulfide) groups is 1. The second kappa shape index (κ2) is 5.16. The summed E-state index contributed by atoms with van der Waals surface area (Å²) in [5, 5.41) is 1.18. The molecule has 0 saturated heterocycles. The Balaban J connectivity index is 2.12. The number of sulfone groups is 1. The molecule has 96 valence electrons. The Labute approximate surface area is 110 Å². The van der Waals surface area contributed by atoms with Crippen molar-refractivity contribution in [3.8, 4) is 0 Å². The summed E-state index contributed by atoms with van der Waals surface area (Å²) in [5.41, 5.74) is 0.419. The average molecular weight is 284 g/mol. The zero-order valence-electron chi connectivity index (χ0n) is 9.70. The fourth-order valence-corrected chi connectivity index (χ4v) is 4.23. The van der Waals surface area contributed by atoms with Crippen LogP contribution in [0.5, 0.6) is 0 Å². The van der Waals surface area contributed by atoms with Crippen LogP contribution >= 0.6 is 11.8 Å². The highest BCUT2D eigenvalue weighted by Gasteiger charge is 2.32. The highest BCUT2D eigenvalue weighted by atomic mass is 32.2. The molecular formula is C12H12O4S2. The molecule has 18 heavy (non-hydrogen) atoms. The lowest BCUT2D eigenvalue weighted by Gasteiger charge is -2.13. The van der Waals surface area contributed by atoms with E-state index in [2.05, 4.69) is 0 Å². The molecular weight excluding hydrogens is 272 g/mol. The zero-order chi connectivity index (χ0) is 13.2. The Bertz CT molecular complexity index is 575. The molecule has 1 heterocycles. The van der Waals surface area contributed by atoms with Crippen LogP contribution in [0.2, 0.25) is 0 Å². The Hall–Kier alpha value is -1.27. The smallest absolute Gasteiger partial charge is 0.338 e. The minimum absolute atomic E-state index is 0.165. The molecule has 0 radical (unpaired) electrons. The molecule has 6 heteroatoms. The minimum atomic E-state index is -3.24. The highest BCUT2D eigenvalue weighted by Crippen LogP contribution is 2.28. The van der Waals surface area contributed by atoms with E-state index in [-0.39, 0.29) is 5.75 Å². The van der Waals surface area contributed by atoms with Crippen molar-refractivity contribution in [1.82, 2.24) is 0 Å². The fourth-order valence-electron chi connectivity index (χ4n) is 1.64. The molecule has 1 aromatic rings. The van der Waals surface area contributed by atoms with Crippen LogP contribution in [0.15, 0.2) is 40.6 Å². The van der Waals surface area contributed by atoms with Crippen LogP contribution in [-0.2, 0) is 14.6 Å². The molecule has 1 aliphatic rings. The molecule has 0 spiro atoms. The largest absolute Gasteiger partial charge is 0.452 e. The normalized spacial score (nSPS) is 21.4. The molecule has 0 aliphatic carbocycles. The number of carbonyl (C=O) groups is 1. The highest BCUT2D eigenvalue weighted by molar-refractivity contribution is 8.04. The maximum absolute atomic E-state index is 11.8. The summed E-state index contributed by atoms with van der Waals surface area (Å²) in [7, 11) is -3.24. The number of hydrogen-bond donors (Lipinski definition) is 0. The van der Waals surface area contributed by atoms with Crippen molar-refractivity contribution in [2.45, 2.75) is 6.10 Å². The summed E-state index contributed by atoms with van der Waals surface area (Å²) in [5.74, 6) is -0.667. The van der Waals surface area contributed by atoms with E-state index in [1.54, 1.807) is 36.6 Å². The lowest BCUT2D eigenvalue weighted by Crippen LogP contribution is -2.22. The van der Waals surface area contributed by atoms with Gasteiger partial charge in [-0.3, -0.25) is 0 Å². The number of rotatable bonds is 3. The lowest BCUT2D eigenvalue weighted by molar-refractivity contribution is 0.0428. The van der Waals surface area contributed by atoms with E-state index < -0.39 is 21.9 Å². The van der Waals surface area contributed by atoms with Gasteiger partial charge in [0.2, 0.25) is 0 Å². The maximum atomic E-state index is 11.8. The Kier molecular flexibility index (Phi) is 3.77. The SMILES string of the molecule is CSC1=CS(=O)(=O)C[C@@H]1OC(=O)c1ccccc1. The van der Waals surface area contributed by atoms with E-state index in [9.17, 15) is 13.2 Å². The van der Waals surface area contributed by atoms with Gasteiger partial charge in [-0.2, -0.15) is 0 Å². The number of ether oxygens (including phenoxy) is 1. The van der Waals surface area contributed by atoms with Crippen LogP contribution in [0.4, 0.5) is 0 Å². The van der Waals surface area contributed by atoms with Crippen LogP contribution in [0, 0.1) is 0 Å². The topological polar surface area (TPSA) is 60.4 Å². The summed E-state index contributed by atoms with van der Waals surface area (Å²) in [4.78, 5) is 12.4. The van der Waals surface area contributed by atoms with Gasteiger partial charge in [0.25, 0.3) is 0 Å². The monoisotopic (exact) mass is 284 g/mol. The first-order valence-electron chi connectivity index (χ1n) is 5.26. The van der Waals surface area contributed by atoms with Crippen molar-refractivity contribution in [2.24, 2.45) is 0 Å². The van der Waals surface area contributed by atoms with Crippen molar-refractivity contribution in [3.05, 3.63) is 46.2 Å². The molecule has 0 aromatic heterocycles. The number of benzene rings is 1. The van der Waals surface area contributed by atoms with Crippen molar-refractivity contribution in [2.75, 3.05) is 12.0 Å². The van der Waals surface area contributed by atoms with Gasteiger partial charge in [-0.1, -0.05) is 18.2 Å². The molecule has 2 rings (SSSR count). The van der Waals surface area contributed by atoms with E-state index in [4.69, 9.17) is 4.74 Å². The Morgan fingerprint density at radius 3 is 2.61 bits per heavy atom. The Morgan fingerprint density at radius 1 is 1.33 bits per heavy atom. The third-order valence-corrected chi connectivity index (χ3v) is 4.87. The first-order valence-corrected chi connectivity index (χ1v) is 8.20. The first-order chi connectivity index (χ1) is 8.52. The van der Waals surface area contributed by atoms with E-state index in [0.29, 0.717) is 10.5 Å². The second-order valence-corrected chi connectivity index (χ2v) is 6.59. The summed E-state index contributed by atoms with van der Waals surface area (Å²) >= 11 is 1.28. The average Bonchev–Trinajstić information content (AvgIpc) is 2.65. The number of carbonyl (C=O) groups excluding carboxylic acids is 1. The molecule has 1 aliphatic heterocycles. The molecule has 0 N–H and O–H groups in total. The van der Waals surface area contributed by atoms with Crippen molar-refractivity contribution >= 4 is 27.6 Å². The maximum Gasteiger partial charge on any atom is 0.338 e. The molecule has 1 atom stereocenters. The van der Waals surface area contributed by atoms with Crippen LogP contribution < -0.4 is 0 Å². The molecule has 0 bridgehead atoms. The van der Waals surface area contributed by atoms with Gasteiger partial charge < -0.3 is 4.74 Å². The summed E-state index contributed by atoms with van der Waals surface area (Å²) in [6.45, 7) is 0. The van der Waals surface area contributed by atoms with Gasteiger partial charge in [-0.15, -0.1) is 11.8 Å². The summed E-state index contributed by atoms with van der Waals surface area (Å²) in [6.07, 6.45) is 1.08. The molecule has 0 saturated carbocycles. The van der Waals surface area contributed by atoms with Crippen LogP contribution in [0.3, 0.4) is 0 Å². The van der Waals surface area contributed by atoms with Gasteiger partial charge in [0.15, 0.2) is 9.84 Å². The van der Waals surface area contributed by atoms with Crippen molar-refractivity contribution < 1.29 is 17.9 Å². The third kappa shape index (κ3) is 2.94.